The number of carbonyl (C=O) groups is 1. The van der Waals surface area contributed by atoms with Gasteiger partial charge in [-0.1, -0.05) is 6.07 Å². The number of likely N-dealkylation sites (N-methyl/N-ethyl adjacent to an activating group) is 1. The summed E-state index contributed by atoms with van der Waals surface area (Å²) in [6.45, 7) is 0.377. The lowest BCUT2D eigenvalue weighted by Crippen LogP contribution is -2.36. The number of hydrogen-bond donors (Lipinski definition) is 2. The van der Waals surface area contributed by atoms with E-state index in [2.05, 4.69) is 10.6 Å². The van der Waals surface area contributed by atoms with E-state index in [4.69, 9.17) is 0 Å². The van der Waals surface area contributed by atoms with Gasteiger partial charge in [0.1, 0.15) is 11.6 Å². The molecule has 2 amide bonds. The minimum atomic E-state index is -0.808. The van der Waals surface area contributed by atoms with Gasteiger partial charge in [0.25, 0.3) is 0 Å². The lowest BCUT2D eigenvalue weighted by Gasteiger charge is -2.23. The summed E-state index contributed by atoms with van der Waals surface area (Å²) in [6.07, 6.45) is 0. The molecule has 22 heavy (non-hydrogen) atoms. The van der Waals surface area contributed by atoms with Crippen LogP contribution in [0.5, 0.6) is 0 Å². The van der Waals surface area contributed by atoms with E-state index in [1.54, 1.807) is 11.3 Å². The van der Waals surface area contributed by atoms with Crippen LogP contribution in [0.2, 0.25) is 0 Å². The summed E-state index contributed by atoms with van der Waals surface area (Å²) in [5.41, 5.74) is -0.0589. The minimum absolute atomic E-state index is 0.0313. The number of carbonyl (C=O) groups excluding carboxylic acids is 1. The van der Waals surface area contributed by atoms with Crippen LogP contribution < -0.4 is 10.6 Å². The molecule has 118 valence electrons. The van der Waals surface area contributed by atoms with E-state index < -0.39 is 17.7 Å². The van der Waals surface area contributed by atoms with E-state index in [9.17, 15) is 13.6 Å². The van der Waals surface area contributed by atoms with E-state index in [0.29, 0.717) is 6.54 Å². The number of urea groups is 1. The number of nitrogens with one attached hydrogen (secondary N) is 2. The van der Waals surface area contributed by atoms with Crippen molar-refractivity contribution in [3.05, 3.63) is 52.2 Å². The SMILES string of the molecule is CN(C)C(CNC(=O)Nc1ccc(F)cc1F)c1cccs1. The highest BCUT2D eigenvalue weighted by molar-refractivity contribution is 7.10. The van der Waals surface area contributed by atoms with Crippen LogP contribution in [0.4, 0.5) is 19.3 Å². The van der Waals surface area contributed by atoms with Gasteiger partial charge in [-0.2, -0.15) is 0 Å². The predicted octanol–water partition coefficient (Wildman–Crippen LogP) is 3.45. The van der Waals surface area contributed by atoms with Crippen molar-refractivity contribution in [2.24, 2.45) is 0 Å². The molecule has 0 spiro atoms. The Hall–Kier alpha value is -1.99. The Bertz CT molecular complexity index is 632. The maximum Gasteiger partial charge on any atom is 0.319 e. The van der Waals surface area contributed by atoms with Gasteiger partial charge >= 0.3 is 6.03 Å². The third kappa shape index (κ3) is 4.25. The molecule has 2 aromatic rings. The van der Waals surface area contributed by atoms with Crippen LogP contribution in [0.15, 0.2) is 35.7 Å². The number of halogens is 2. The second-order valence-electron chi connectivity index (χ2n) is 4.95. The zero-order valence-electron chi connectivity index (χ0n) is 12.3. The summed E-state index contributed by atoms with van der Waals surface area (Å²) in [7, 11) is 3.84. The zero-order valence-corrected chi connectivity index (χ0v) is 13.1. The molecule has 0 saturated carbocycles. The monoisotopic (exact) mass is 325 g/mol. The first-order valence-electron chi connectivity index (χ1n) is 6.67. The molecule has 0 aliphatic rings. The molecule has 0 aliphatic heterocycles. The van der Waals surface area contributed by atoms with Gasteiger partial charge < -0.3 is 15.5 Å². The van der Waals surface area contributed by atoms with Crippen molar-refractivity contribution in [3.8, 4) is 0 Å². The molecule has 0 radical (unpaired) electrons. The van der Waals surface area contributed by atoms with Crippen molar-refractivity contribution in [3.63, 3.8) is 0 Å². The summed E-state index contributed by atoms with van der Waals surface area (Å²) in [6, 6.07) is 6.45. The molecule has 2 rings (SSSR count). The van der Waals surface area contributed by atoms with Crippen LogP contribution in [0, 0.1) is 11.6 Å². The molecular formula is C15H17F2N3OS. The number of amides is 2. The third-order valence-electron chi connectivity index (χ3n) is 3.13. The molecule has 1 unspecified atom stereocenters. The Morgan fingerprint density at radius 3 is 2.68 bits per heavy atom. The Labute approximate surface area is 131 Å². The number of hydrogen-bond acceptors (Lipinski definition) is 3. The molecular weight excluding hydrogens is 308 g/mol. The fourth-order valence-corrected chi connectivity index (χ4v) is 2.89. The third-order valence-corrected chi connectivity index (χ3v) is 4.10. The van der Waals surface area contributed by atoms with E-state index in [1.807, 2.05) is 36.5 Å². The van der Waals surface area contributed by atoms with Crippen molar-refractivity contribution < 1.29 is 13.6 Å². The first-order chi connectivity index (χ1) is 10.5. The average molecular weight is 325 g/mol. The number of nitrogens with zero attached hydrogens (tertiary/aromatic N) is 1. The normalized spacial score (nSPS) is 12.2. The Balaban J connectivity index is 1.94. The fraction of sp³-hybridized carbons (Fsp3) is 0.267. The lowest BCUT2D eigenvalue weighted by atomic mass is 10.2. The van der Waals surface area contributed by atoms with Crippen LogP contribution in [-0.2, 0) is 0 Å². The Kier molecular flexibility index (Phi) is 5.46. The van der Waals surface area contributed by atoms with E-state index >= 15 is 0 Å². The second-order valence-corrected chi connectivity index (χ2v) is 5.93. The highest BCUT2D eigenvalue weighted by Crippen LogP contribution is 2.22. The van der Waals surface area contributed by atoms with Crippen molar-refractivity contribution in [2.45, 2.75) is 6.04 Å². The topological polar surface area (TPSA) is 44.4 Å². The van der Waals surface area contributed by atoms with Gasteiger partial charge in [0.15, 0.2) is 0 Å². The molecule has 7 heteroatoms. The predicted molar refractivity (Wildman–Crippen MR) is 84.1 cm³/mol. The van der Waals surface area contributed by atoms with E-state index in [0.717, 1.165) is 17.0 Å². The first kappa shape index (κ1) is 16.4. The number of anilines is 1. The van der Waals surface area contributed by atoms with Crippen LogP contribution >= 0.6 is 11.3 Å². The van der Waals surface area contributed by atoms with Crippen LogP contribution in [0.1, 0.15) is 10.9 Å². The molecule has 1 aromatic heterocycles. The van der Waals surface area contributed by atoms with Crippen LogP contribution in [-0.4, -0.2) is 31.6 Å². The molecule has 0 bridgehead atoms. The molecule has 0 aliphatic carbocycles. The summed E-state index contributed by atoms with van der Waals surface area (Å²) >= 11 is 1.60. The molecule has 0 saturated heterocycles. The minimum Gasteiger partial charge on any atom is -0.336 e. The number of rotatable bonds is 5. The Morgan fingerprint density at radius 2 is 2.09 bits per heavy atom. The molecule has 1 atom stereocenters. The van der Waals surface area contributed by atoms with Crippen LogP contribution in [0.3, 0.4) is 0 Å². The fourth-order valence-electron chi connectivity index (χ4n) is 1.97. The molecule has 4 nitrogen and oxygen atoms in total. The molecule has 1 aromatic carbocycles. The maximum atomic E-state index is 13.5. The quantitative estimate of drug-likeness (QED) is 0.884. The molecule has 2 N–H and O–H groups in total. The largest absolute Gasteiger partial charge is 0.336 e. The smallest absolute Gasteiger partial charge is 0.319 e. The van der Waals surface area contributed by atoms with E-state index in [1.165, 1.54) is 6.07 Å². The highest BCUT2D eigenvalue weighted by Gasteiger charge is 2.16. The van der Waals surface area contributed by atoms with Gasteiger partial charge in [-0.3, -0.25) is 0 Å². The first-order valence-corrected chi connectivity index (χ1v) is 7.55. The average Bonchev–Trinajstić information content (AvgIpc) is 2.96. The zero-order chi connectivity index (χ0) is 16.1. The lowest BCUT2D eigenvalue weighted by molar-refractivity contribution is 0.244. The van der Waals surface area contributed by atoms with Crippen molar-refractivity contribution in [2.75, 3.05) is 26.0 Å². The van der Waals surface area contributed by atoms with E-state index in [-0.39, 0.29) is 11.7 Å². The molecule has 1 heterocycles. The van der Waals surface area contributed by atoms with Crippen molar-refractivity contribution >= 4 is 23.1 Å². The summed E-state index contributed by atoms with van der Waals surface area (Å²) < 4.78 is 26.3. The van der Waals surface area contributed by atoms with Gasteiger partial charge in [0.2, 0.25) is 0 Å². The maximum absolute atomic E-state index is 13.5. The van der Waals surface area contributed by atoms with Gasteiger partial charge in [-0.15, -0.1) is 11.3 Å². The highest BCUT2D eigenvalue weighted by atomic mass is 32.1. The van der Waals surface area contributed by atoms with Crippen molar-refractivity contribution in [1.82, 2.24) is 10.2 Å². The standard InChI is InChI=1S/C15H17F2N3OS/c1-20(2)13(14-4-3-7-22-14)9-18-15(21)19-12-6-5-10(16)8-11(12)17/h3-8,13H,9H2,1-2H3,(H2,18,19,21). The summed E-state index contributed by atoms with van der Waals surface area (Å²) in [5, 5.41) is 7.04. The van der Waals surface area contributed by atoms with Gasteiger partial charge in [-0.25, -0.2) is 13.6 Å². The Morgan fingerprint density at radius 1 is 1.32 bits per heavy atom. The number of benzene rings is 1. The van der Waals surface area contributed by atoms with Crippen LogP contribution in [0.25, 0.3) is 0 Å². The summed E-state index contributed by atoms with van der Waals surface area (Å²) in [5.74, 6) is -1.49. The number of thiophene rings is 1. The second kappa shape index (κ2) is 7.33. The van der Waals surface area contributed by atoms with Gasteiger partial charge in [0, 0.05) is 17.5 Å². The molecule has 0 fully saturated rings. The van der Waals surface area contributed by atoms with Gasteiger partial charge in [0.05, 0.1) is 11.7 Å². The van der Waals surface area contributed by atoms with Gasteiger partial charge in [-0.05, 0) is 37.7 Å². The van der Waals surface area contributed by atoms with Crippen molar-refractivity contribution in [1.29, 1.82) is 0 Å². The summed E-state index contributed by atoms with van der Waals surface area (Å²) in [4.78, 5) is 15.0.